The lowest BCUT2D eigenvalue weighted by atomic mass is 10.1. The number of hydrogen-bond acceptors (Lipinski definition) is 2. The van der Waals surface area contributed by atoms with Gasteiger partial charge in [0, 0.05) is 5.56 Å². The molecular formula is C15H10ClF2NO2. The van der Waals surface area contributed by atoms with Crippen molar-refractivity contribution >= 4 is 29.0 Å². The van der Waals surface area contributed by atoms with E-state index in [1.54, 1.807) is 18.2 Å². The Balaban J connectivity index is 2.35. The lowest BCUT2D eigenvalue weighted by Gasteiger charge is -2.10. The molecule has 0 aliphatic rings. The molecule has 0 heterocycles. The Morgan fingerprint density at radius 3 is 2.33 bits per heavy atom. The molecule has 0 bridgehead atoms. The van der Waals surface area contributed by atoms with Gasteiger partial charge in [-0.1, -0.05) is 23.7 Å². The number of halogens is 3. The lowest BCUT2D eigenvalue weighted by molar-refractivity contribution is 0.101. The maximum Gasteiger partial charge on any atom is 0.257 e. The second-order valence-electron chi connectivity index (χ2n) is 4.30. The van der Waals surface area contributed by atoms with Crippen LogP contribution >= 0.6 is 11.6 Å². The highest BCUT2D eigenvalue weighted by molar-refractivity contribution is 6.34. The quantitative estimate of drug-likeness (QED) is 0.686. The van der Waals surface area contributed by atoms with Gasteiger partial charge in [-0.05, 0) is 31.2 Å². The SMILES string of the molecule is CC(=O)c1ccccc1NC(=O)c1cc(F)c(F)cc1Cl. The molecule has 6 heteroatoms. The smallest absolute Gasteiger partial charge is 0.257 e. The second-order valence-corrected chi connectivity index (χ2v) is 4.71. The van der Waals surface area contributed by atoms with Crippen LogP contribution in [0.2, 0.25) is 5.02 Å². The van der Waals surface area contributed by atoms with Crippen LogP contribution in [0.15, 0.2) is 36.4 Å². The summed E-state index contributed by atoms with van der Waals surface area (Å²) in [6.07, 6.45) is 0. The summed E-state index contributed by atoms with van der Waals surface area (Å²) < 4.78 is 26.2. The molecule has 0 aromatic heterocycles. The Kier molecular flexibility index (Phi) is 4.33. The maximum absolute atomic E-state index is 13.2. The van der Waals surface area contributed by atoms with Crippen molar-refractivity contribution in [3.05, 3.63) is 64.2 Å². The number of ketones is 1. The van der Waals surface area contributed by atoms with Crippen molar-refractivity contribution in [3.8, 4) is 0 Å². The molecule has 0 aliphatic carbocycles. The average molecular weight is 310 g/mol. The first-order valence-corrected chi connectivity index (χ1v) is 6.34. The number of anilines is 1. The number of Topliss-reactive ketones (excluding diaryl/α,β-unsaturated/α-hetero) is 1. The molecule has 21 heavy (non-hydrogen) atoms. The lowest BCUT2D eigenvalue weighted by Crippen LogP contribution is -2.15. The molecule has 0 saturated heterocycles. The average Bonchev–Trinajstić information content (AvgIpc) is 2.43. The molecule has 108 valence electrons. The van der Waals surface area contributed by atoms with Crippen LogP contribution in [0, 0.1) is 11.6 Å². The van der Waals surface area contributed by atoms with Crippen molar-refractivity contribution in [1.29, 1.82) is 0 Å². The molecule has 0 radical (unpaired) electrons. The van der Waals surface area contributed by atoms with Crippen LogP contribution in [-0.2, 0) is 0 Å². The summed E-state index contributed by atoms with van der Waals surface area (Å²) in [5.41, 5.74) is 0.370. The van der Waals surface area contributed by atoms with E-state index in [0.29, 0.717) is 11.6 Å². The summed E-state index contributed by atoms with van der Waals surface area (Å²) in [6.45, 7) is 1.36. The van der Waals surface area contributed by atoms with E-state index in [2.05, 4.69) is 5.32 Å². The Labute approximate surface area is 124 Å². The zero-order valence-electron chi connectivity index (χ0n) is 10.9. The van der Waals surface area contributed by atoms with E-state index in [0.717, 1.165) is 6.07 Å². The number of hydrogen-bond donors (Lipinski definition) is 1. The van der Waals surface area contributed by atoms with Gasteiger partial charge >= 0.3 is 0 Å². The van der Waals surface area contributed by atoms with E-state index < -0.39 is 17.5 Å². The van der Waals surface area contributed by atoms with Crippen LogP contribution in [0.5, 0.6) is 0 Å². The van der Waals surface area contributed by atoms with Crippen molar-refractivity contribution in [2.45, 2.75) is 6.92 Å². The maximum atomic E-state index is 13.2. The standard InChI is InChI=1S/C15H10ClF2NO2/c1-8(20)9-4-2-3-5-14(9)19-15(21)10-6-12(17)13(18)7-11(10)16/h2-7H,1H3,(H,19,21). The molecule has 0 aliphatic heterocycles. The number of carbonyl (C=O) groups is 2. The normalized spacial score (nSPS) is 10.3. The van der Waals surface area contributed by atoms with Crippen molar-refractivity contribution in [2.75, 3.05) is 5.32 Å². The number of para-hydroxylation sites is 1. The van der Waals surface area contributed by atoms with Crippen LogP contribution < -0.4 is 5.32 Å². The predicted molar refractivity (Wildman–Crippen MR) is 75.8 cm³/mol. The first kappa shape index (κ1) is 15.1. The van der Waals surface area contributed by atoms with Gasteiger partial charge in [0.2, 0.25) is 0 Å². The fraction of sp³-hybridized carbons (Fsp3) is 0.0667. The Bertz CT molecular complexity index is 732. The highest BCUT2D eigenvalue weighted by atomic mass is 35.5. The van der Waals surface area contributed by atoms with E-state index in [1.165, 1.54) is 13.0 Å². The van der Waals surface area contributed by atoms with Gasteiger partial charge in [-0.2, -0.15) is 0 Å². The fourth-order valence-electron chi connectivity index (χ4n) is 1.79. The molecule has 0 atom stereocenters. The van der Waals surface area contributed by atoms with Crippen LogP contribution in [0.4, 0.5) is 14.5 Å². The van der Waals surface area contributed by atoms with E-state index in [-0.39, 0.29) is 22.1 Å². The molecule has 1 N–H and O–H groups in total. The summed E-state index contributed by atoms with van der Waals surface area (Å²) in [4.78, 5) is 23.5. The van der Waals surface area contributed by atoms with Crippen LogP contribution in [-0.4, -0.2) is 11.7 Å². The third kappa shape index (κ3) is 3.25. The van der Waals surface area contributed by atoms with Gasteiger partial charge in [0.15, 0.2) is 17.4 Å². The predicted octanol–water partition coefficient (Wildman–Crippen LogP) is 4.07. The van der Waals surface area contributed by atoms with Gasteiger partial charge in [0.25, 0.3) is 5.91 Å². The largest absolute Gasteiger partial charge is 0.321 e. The molecule has 0 saturated carbocycles. The Morgan fingerprint density at radius 1 is 1.05 bits per heavy atom. The molecule has 2 aromatic carbocycles. The summed E-state index contributed by atoms with van der Waals surface area (Å²) in [6, 6.07) is 7.80. The van der Waals surface area contributed by atoms with Gasteiger partial charge in [-0.15, -0.1) is 0 Å². The topological polar surface area (TPSA) is 46.2 Å². The first-order valence-electron chi connectivity index (χ1n) is 5.96. The van der Waals surface area contributed by atoms with E-state index >= 15 is 0 Å². The van der Waals surface area contributed by atoms with Crippen molar-refractivity contribution in [3.63, 3.8) is 0 Å². The molecular weight excluding hydrogens is 300 g/mol. The van der Waals surface area contributed by atoms with E-state index in [4.69, 9.17) is 11.6 Å². The van der Waals surface area contributed by atoms with Crippen LogP contribution in [0.1, 0.15) is 27.6 Å². The number of carbonyl (C=O) groups excluding carboxylic acids is 2. The summed E-state index contributed by atoms with van der Waals surface area (Å²) >= 11 is 5.73. The van der Waals surface area contributed by atoms with Gasteiger partial charge in [-0.25, -0.2) is 8.78 Å². The number of rotatable bonds is 3. The van der Waals surface area contributed by atoms with E-state index in [1.807, 2.05) is 0 Å². The zero-order chi connectivity index (χ0) is 15.6. The van der Waals surface area contributed by atoms with Gasteiger partial charge in [0.05, 0.1) is 16.3 Å². The Hall–Kier alpha value is -2.27. The van der Waals surface area contributed by atoms with E-state index in [9.17, 15) is 18.4 Å². The minimum atomic E-state index is -1.18. The second kappa shape index (κ2) is 6.01. The third-order valence-corrected chi connectivity index (χ3v) is 3.12. The minimum Gasteiger partial charge on any atom is -0.321 e. The fourth-order valence-corrected chi connectivity index (χ4v) is 2.02. The van der Waals surface area contributed by atoms with Crippen molar-refractivity contribution in [1.82, 2.24) is 0 Å². The molecule has 0 unspecified atom stereocenters. The van der Waals surface area contributed by atoms with Crippen LogP contribution in [0.3, 0.4) is 0 Å². The van der Waals surface area contributed by atoms with Gasteiger partial charge in [-0.3, -0.25) is 9.59 Å². The first-order chi connectivity index (χ1) is 9.90. The molecule has 1 amide bonds. The molecule has 2 aromatic rings. The highest BCUT2D eigenvalue weighted by Crippen LogP contribution is 2.22. The minimum absolute atomic E-state index is 0.214. The number of nitrogens with one attached hydrogen (secondary N) is 1. The summed E-state index contributed by atoms with van der Waals surface area (Å²) in [7, 11) is 0. The molecule has 3 nitrogen and oxygen atoms in total. The van der Waals surface area contributed by atoms with Crippen LogP contribution in [0.25, 0.3) is 0 Å². The van der Waals surface area contributed by atoms with Gasteiger partial charge in [0.1, 0.15) is 0 Å². The number of benzene rings is 2. The third-order valence-electron chi connectivity index (χ3n) is 2.81. The highest BCUT2D eigenvalue weighted by Gasteiger charge is 2.17. The van der Waals surface area contributed by atoms with Crippen molar-refractivity contribution < 1.29 is 18.4 Å². The monoisotopic (exact) mass is 309 g/mol. The molecule has 0 spiro atoms. The van der Waals surface area contributed by atoms with Crippen molar-refractivity contribution in [2.24, 2.45) is 0 Å². The molecule has 2 rings (SSSR count). The Morgan fingerprint density at radius 2 is 1.67 bits per heavy atom. The van der Waals surface area contributed by atoms with Gasteiger partial charge < -0.3 is 5.32 Å². The number of amides is 1. The summed E-state index contributed by atoms with van der Waals surface area (Å²) in [5, 5.41) is 2.25. The summed E-state index contributed by atoms with van der Waals surface area (Å²) in [5.74, 6) is -3.28. The zero-order valence-corrected chi connectivity index (χ0v) is 11.7. The molecule has 0 fully saturated rings.